The van der Waals surface area contributed by atoms with Crippen LogP contribution in [-0.2, 0) is 13.3 Å². The van der Waals surface area contributed by atoms with Gasteiger partial charge in [-0.1, -0.05) is 32.9 Å². The van der Waals surface area contributed by atoms with Crippen LogP contribution in [0.2, 0.25) is 18.1 Å². The van der Waals surface area contributed by atoms with Crippen LogP contribution in [0.3, 0.4) is 0 Å². The molecule has 0 atom stereocenters. The molecule has 1 rings (SSSR count). The summed E-state index contributed by atoms with van der Waals surface area (Å²) in [6, 6.07) is 7.86. The molecular formula is C15H28O4Si2. The van der Waals surface area contributed by atoms with Gasteiger partial charge < -0.3 is 17.7 Å². The van der Waals surface area contributed by atoms with Crippen molar-refractivity contribution in [2.75, 3.05) is 21.3 Å². The fourth-order valence-electron chi connectivity index (χ4n) is 1.78. The summed E-state index contributed by atoms with van der Waals surface area (Å²) in [6.45, 7) is 11.2. The lowest BCUT2D eigenvalue weighted by molar-refractivity contribution is 0.140. The molecule has 0 fully saturated rings. The number of rotatable bonds is 6. The lowest BCUT2D eigenvalue weighted by Crippen LogP contribution is -2.54. The third-order valence-corrected chi connectivity index (χ3v) is 11.2. The largest absolute Gasteiger partial charge is 0.544 e. The smallest absolute Gasteiger partial charge is 0.536 e. The Balaban J connectivity index is 2.98. The van der Waals surface area contributed by atoms with E-state index in [1.165, 1.54) is 0 Å². The van der Waals surface area contributed by atoms with Gasteiger partial charge in [0.2, 0.25) is 8.32 Å². The van der Waals surface area contributed by atoms with Gasteiger partial charge in [0.1, 0.15) is 5.75 Å². The Bertz CT molecular complexity index is 439. The molecule has 21 heavy (non-hydrogen) atoms. The topological polar surface area (TPSA) is 36.9 Å². The van der Waals surface area contributed by atoms with E-state index in [2.05, 4.69) is 33.9 Å². The summed E-state index contributed by atoms with van der Waals surface area (Å²) in [5.41, 5.74) is 0. The van der Waals surface area contributed by atoms with Crippen molar-refractivity contribution in [2.45, 2.75) is 38.9 Å². The number of hydrogen-bond donors (Lipinski definition) is 0. The highest BCUT2D eigenvalue weighted by Crippen LogP contribution is 2.37. The zero-order chi connectivity index (χ0) is 16.3. The van der Waals surface area contributed by atoms with E-state index in [9.17, 15) is 0 Å². The molecule has 0 heterocycles. The van der Waals surface area contributed by atoms with E-state index in [4.69, 9.17) is 17.7 Å². The molecule has 0 amide bonds. The second kappa shape index (κ2) is 6.62. The highest BCUT2D eigenvalue weighted by molar-refractivity contribution is 6.75. The van der Waals surface area contributed by atoms with Crippen LogP contribution in [0, 0.1) is 0 Å². The molecule has 0 aliphatic heterocycles. The van der Waals surface area contributed by atoms with E-state index in [0.29, 0.717) is 0 Å². The first-order valence-electron chi connectivity index (χ1n) is 7.07. The summed E-state index contributed by atoms with van der Waals surface area (Å²) in [7, 11) is 0.259. The zero-order valence-electron chi connectivity index (χ0n) is 14.4. The van der Waals surface area contributed by atoms with E-state index < -0.39 is 17.1 Å². The van der Waals surface area contributed by atoms with Gasteiger partial charge in [0.25, 0.3) is 0 Å². The normalized spacial score (nSPS) is 13.3. The Morgan fingerprint density at radius 3 is 1.57 bits per heavy atom. The Labute approximate surface area is 130 Å². The average Bonchev–Trinajstić information content (AvgIpc) is 2.41. The van der Waals surface area contributed by atoms with E-state index in [-0.39, 0.29) is 5.04 Å². The zero-order valence-corrected chi connectivity index (χ0v) is 16.4. The molecule has 4 nitrogen and oxygen atoms in total. The molecule has 0 saturated carbocycles. The van der Waals surface area contributed by atoms with E-state index in [0.717, 1.165) is 10.9 Å². The van der Waals surface area contributed by atoms with Crippen molar-refractivity contribution in [1.82, 2.24) is 0 Å². The van der Waals surface area contributed by atoms with Crippen LogP contribution in [-0.4, -0.2) is 38.5 Å². The van der Waals surface area contributed by atoms with Crippen molar-refractivity contribution >= 4 is 22.3 Å². The van der Waals surface area contributed by atoms with E-state index in [1.807, 2.05) is 24.3 Å². The fourth-order valence-corrected chi connectivity index (χ4v) is 4.59. The van der Waals surface area contributed by atoms with Crippen molar-refractivity contribution in [2.24, 2.45) is 0 Å². The summed E-state index contributed by atoms with van der Waals surface area (Å²) in [4.78, 5) is 0. The quantitative estimate of drug-likeness (QED) is 0.752. The maximum Gasteiger partial charge on any atom is 0.536 e. The number of hydrogen-bond acceptors (Lipinski definition) is 4. The first kappa shape index (κ1) is 18.4. The molecule has 120 valence electrons. The van der Waals surface area contributed by atoms with Gasteiger partial charge in [-0.05, 0) is 30.3 Å². The highest BCUT2D eigenvalue weighted by Gasteiger charge is 2.41. The summed E-state index contributed by atoms with van der Waals surface area (Å²) in [5, 5.41) is 1.10. The van der Waals surface area contributed by atoms with Crippen LogP contribution in [0.5, 0.6) is 5.75 Å². The van der Waals surface area contributed by atoms with Gasteiger partial charge in [-0.2, -0.15) is 0 Å². The third kappa shape index (κ3) is 3.95. The second-order valence-electron chi connectivity index (χ2n) is 6.56. The molecule has 0 radical (unpaired) electrons. The minimum Gasteiger partial charge on any atom is -0.544 e. The molecule has 0 aliphatic rings. The molecule has 1 aromatic carbocycles. The van der Waals surface area contributed by atoms with Crippen LogP contribution in [0.1, 0.15) is 20.8 Å². The minimum absolute atomic E-state index is 0.176. The van der Waals surface area contributed by atoms with Gasteiger partial charge in [-0.15, -0.1) is 0 Å². The Hall–Kier alpha value is -0.666. The van der Waals surface area contributed by atoms with Crippen LogP contribution in [0.15, 0.2) is 24.3 Å². The summed E-state index contributed by atoms with van der Waals surface area (Å²) >= 11 is 0. The monoisotopic (exact) mass is 328 g/mol. The fraction of sp³-hybridized carbons (Fsp3) is 0.600. The SMILES string of the molecule is CO[Si](OC)(OC)c1ccc(O[Si](C)(C)C(C)(C)C)cc1. The van der Waals surface area contributed by atoms with Gasteiger partial charge in [-0.25, -0.2) is 0 Å². The Morgan fingerprint density at radius 1 is 0.810 bits per heavy atom. The minimum atomic E-state index is -2.76. The summed E-state index contributed by atoms with van der Waals surface area (Å²) in [6.07, 6.45) is 0. The van der Waals surface area contributed by atoms with Gasteiger partial charge in [-0.3, -0.25) is 0 Å². The number of benzene rings is 1. The van der Waals surface area contributed by atoms with Crippen molar-refractivity contribution < 1.29 is 17.7 Å². The van der Waals surface area contributed by atoms with Gasteiger partial charge in [0.15, 0.2) is 0 Å². The molecule has 1 aromatic rings. The molecule has 0 unspecified atom stereocenters. The lowest BCUT2D eigenvalue weighted by Gasteiger charge is -2.36. The van der Waals surface area contributed by atoms with Gasteiger partial charge in [0.05, 0.1) is 0 Å². The lowest BCUT2D eigenvalue weighted by atomic mass is 10.2. The van der Waals surface area contributed by atoms with Crippen LogP contribution < -0.4 is 9.61 Å². The molecule has 6 heteroatoms. The predicted molar refractivity (Wildman–Crippen MR) is 90.7 cm³/mol. The Kier molecular flexibility index (Phi) is 5.79. The van der Waals surface area contributed by atoms with Crippen LogP contribution in [0.25, 0.3) is 0 Å². The molecule has 0 aliphatic carbocycles. The molecular weight excluding hydrogens is 300 g/mol. The third-order valence-electron chi connectivity index (χ3n) is 4.19. The van der Waals surface area contributed by atoms with Gasteiger partial charge >= 0.3 is 8.80 Å². The summed E-state index contributed by atoms with van der Waals surface area (Å²) in [5.74, 6) is 0.886. The predicted octanol–water partition coefficient (Wildman–Crippen LogP) is 3.16. The van der Waals surface area contributed by atoms with Gasteiger partial charge in [0, 0.05) is 26.5 Å². The average molecular weight is 329 g/mol. The first-order chi connectivity index (χ1) is 9.62. The van der Waals surface area contributed by atoms with Crippen LogP contribution >= 0.6 is 0 Å². The van der Waals surface area contributed by atoms with Crippen molar-refractivity contribution in [3.8, 4) is 5.75 Å². The molecule has 0 aromatic heterocycles. The summed E-state index contributed by atoms with van der Waals surface area (Å²) < 4.78 is 22.7. The van der Waals surface area contributed by atoms with Crippen molar-refractivity contribution in [3.63, 3.8) is 0 Å². The maximum atomic E-state index is 6.27. The van der Waals surface area contributed by atoms with Crippen molar-refractivity contribution in [3.05, 3.63) is 24.3 Å². The Morgan fingerprint density at radius 2 is 1.24 bits per heavy atom. The highest BCUT2D eigenvalue weighted by atomic mass is 28.4. The first-order valence-corrected chi connectivity index (χ1v) is 11.7. The van der Waals surface area contributed by atoms with E-state index >= 15 is 0 Å². The standard InChI is InChI=1S/C15H28O4Si2/c1-15(2,3)20(7,8)19-13-9-11-14(12-10-13)21(16-4,17-5)18-6/h9-12H,1-8H3. The van der Waals surface area contributed by atoms with Crippen LogP contribution in [0.4, 0.5) is 0 Å². The molecule has 0 saturated heterocycles. The molecule has 0 spiro atoms. The molecule has 0 N–H and O–H groups in total. The maximum absolute atomic E-state index is 6.27. The second-order valence-corrected chi connectivity index (χ2v) is 14.2. The molecule has 0 bridgehead atoms. The van der Waals surface area contributed by atoms with E-state index in [1.54, 1.807) is 21.3 Å². The van der Waals surface area contributed by atoms with Crippen molar-refractivity contribution in [1.29, 1.82) is 0 Å².